The number of rotatable bonds is 13. The van der Waals surface area contributed by atoms with Gasteiger partial charge in [-0.25, -0.2) is 0 Å². The minimum Gasteiger partial charge on any atom is -0.458 e. The number of esters is 4. The maximum Gasteiger partial charge on any atom is 0.306 e. The minimum atomic E-state index is -1.13. The van der Waals surface area contributed by atoms with Gasteiger partial charge in [-0.05, 0) is 316 Å². The van der Waals surface area contributed by atoms with E-state index in [9.17, 15) is 52.7 Å². The Morgan fingerprint density at radius 1 is 0.476 bits per heavy atom. The monoisotopic (exact) mass is 1730 g/mol. The first-order chi connectivity index (χ1) is 58.3. The van der Waals surface area contributed by atoms with Gasteiger partial charge in [-0.2, -0.15) is 0 Å². The maximum atomic E-state index is 13.9. The fourth-order valence-electron chi connectivity index (χ4n) is 31.7. The van der Waals surface area contributed by atoms with Gasteiger partial charge in [0.05, 0.1) is 0 Å². The van der Waals surface area contributed by atoms with Gasteiger partial charge in [-0.15, -0.1) is 11.6 Å². The fraction of sp³-hybridized carbons (Fsp3) is 0.760. The molecule has 2 heterocycles. The van der Waals surface area contributed by atoms with Crippen LogP contribution in [0.25, 0.3) is 0 Å². The van der Waals surface area contributed by atoms with Crippen LogP contribution < -0.4 is 0 Å². The second-order valence-corrected chi connectivity index (χ2v) is 44.6. The van der Waals surface area contributed by atoms with Crippen molar-refractivity contribution < 1.29 is 71.7 Å². The van der Waals surface area contributed by atoms with Crippen molar-refractivity contribution in [3.8, 4) is 0 Å². The number of alkyl halides is 1. The van der Waals surface area contributed by atoms with Crippen LogP contribution in [0.15, 0.2) is 82.0 Å². The van der Waals surface area contributed by atoms with E-state index in [1.165, 1.54) is 66.5 Å². The van der Waals surface area contributed by atoms with Gasteiger partial charge < -0.3 is 38.5 Å². The third kappa shape index (κ3) is 14.6. The average molecular weight is 1730 g/mol. The van der Waals surface area contributed by atoms with Gasteiger partial charge in [-0.3, -0.25) is 52.7 Å². The number of hydrogen-bond acceptors (Lipinski definition) is 15. The molecule has 25 atom stereocenters. The molecule has 0 aromatic heterocycles. The molecule has 0 bridgehead atoms. The van der Waals surface area contributed by atoms with Crippen LogP contribution in [0.1, 0.15) is 303 Å². The molecule has 4 amide bonds. The number of unbranched alkanes of at least 4 members (excludes halogenated alkanes) is 1. The van der Waals surface area contributed by atoms with E-state index in [1.54, 1.807) is 35.8 Å². The summed E-state index contributed by atoms with van der Waals surface area (Å²) in [7, 11) is 9.14. The van der Waals surface area contributed by atoms with Gasteiger partial charge in [0.15, 0.2) is 34.2 Å². The molecule has 20 heteroatoms. The first kappa shape index (κ1) is 93.4. The number of likely N-dealkylation sites (N-methyl/N-ethyl adjacent to an activating group) is 4. The SMILES string of the molecule is CC(=O)O[C@]1(C(=O)N(C)C)CCC2C3C=C(C)C4=CC(=O)CC[C@]4(C)C3CC[C@@]21C.CCCCN(C)C(=O)[C@@]1(OC(C)=O)CCC2C3C=C(C)C4=CC(=O)CC[C@]4(C)C3CC[C@@]21C.CCN(C)C(=O)[C@@]1(OC(=O)CCCCl)CCC2C3C=C(C)C4=CC(=O)CC[C@]4(C)C3CC[C@@]21C.CN1C(=O)C=C[C@]2(C)C3CC[C@@]4(C)C(CC[C@@]45CCCC(=O)O5)C3CCC12. The normalized spacial score (nSPS) is 42.6. The Morgan fingerprint density at radius 2 is 0.887 bits per heavy atom. The smallest absolute Gasteiger partial charge is 0.306 e. The zero-order valence-corrected chi connectivity index (χ0v) is 79.7. The van der Waals surface area contributed by atoms with Crippen molar-refractivity contribution in [2.75, 3.05) is 54.2 Å². The number of fused-ring (bicyclic) bond motifs is 21. The molecule has 124 heavy (non-hydrogen) atoms. The number of carbonyl (C=O) groups excluding carboxylic acids is 11. The molecule has 1 saturated heterocycles. The highest BCUT2D eigenvalue weighted by atomic mass is 35.5. The zero-order valence-electron chi connectivity index (χ0n) is 79.0. The Bertz CT molecular complexity index is 4570. The lowest BCUT2D eigenvalue weighted by molar-refractivity contribution is -0.197. The van der Waals surface area contributed by atoms with Crippen LogP contribution in [-0.2, 0) is 71.7 Å². The van der Waals surface area contributed by atoms with Crippen LogP contribution in [0.4, 0.5) is 0 Å². The van der Waals surface area contributed by atoms with Crippen molar-refractivity contribution in [1.29, 1.82) is 0 Å². The highest BCUT2D eigenvalue weighted by molar-refractivity contribution is 6.18. The summed E-state index contributed by atoms with van der Waals surface area (Å²) < 4.78 is 24.4. The molecule has 682 valence electrons. The zero-order chi connectivity index (χ0) is 90.2. The lowest BCUT2D eigenvalue weighted by Gasteiger charge is -2.61. The summed E-state index contributed by atoms with van der Waals surface area (Å²) in [6, 6.07) is 0.337. The van der Waals surface area contributed by atoms with Crippen LogP contribution in [0.2, 0.25) is 0 Å². The van der Waals surface area contributed by atoms with E-state index < -0.39 is 27.6 Å². The number of allylic oxidation sites excluding steroid dienone is 12. The minimum absolute atomic E-state index is 0.00729. The summed E-state index contributed by atoms with van der Waals surface area (Å²) in [5, 5.41) is 0. The number of carbonyl (C=O) groups is 11. The van der Waals surface area contributed by atoms with Gasteiger partial charge >= 0.3 is 23.9 Å². The van der Waals surface area contributed by atoms with Gasteiger partial charge in [0.25, 0.3) is 17.7 Å². The van der Waals surface area contributed by atoms with E-state index in [1.807, 2.05) is 50.2 Å². The van der Waals surface area contributed by atoms with Crippen LogP contribution >= 0.6 is 11.6 Å². The number of ketones is 3. The Labute approximate surface area is 745 Å². The van der Waals surface area contributed by atoms with E-state index in [2.05, 4.69) is 107 Å². The van der Waals surface area contributed by atoms with Crippen molar-refractivity contribution >= 4 is 76.5 Å². The molecule has 9 saturated carbocycles. The van der Waals surface area contributed by atoms with Crippen LogP contribution in [0.5, 0.6) is 0 Å². The summed E-state index contributed by atoms with van der Waals surface area (Å²) in [6.07, 6.45) is 43.5. The Hall–Kier alpha value is -6.76. The predicted molar refractivity (Wildman–Crippen MR) is 479 cm³/mol. The fourth-order valence-corrected chi connectivity index (χ4v) is 31.9. The number of hydrogen-bond donors (Lipinski definition) is 0. The molecular weight excluding hydrogens is 1580 g/mol. The lowest BCUT2D eigenvalue weighted by Crippen LogP contribution is -2.61. The Balaban J connectivity index is 0.000000135. The standard InChI is InChI=1S/C28H40ClNO4.C28H41NO4.C25H35NO4.C23H33NO3/c1-6-30(5)25(33)28(34-24(32)8-7-15-29)14-11-22-20-16-18(2)23-17-19(31)9-12-26(23,3)21(20)10-13-27(22,28)4;1-7-8-15-29(6)25(32)28(33-19(3)30)14-11-23-21-16-18(2)24-17-20(31)9-12-26(24,4)22(21)10-13-27(23,28)5;1-15-13-18-19(23(3)10-7-17(28)14-21(15)23)8-11-24(4)20(18)9-12-25(24,30-16(2)27)22(29)26(5)6;1-21-12-10-19(25)24(3)18(21)7-6-15-16(21)8-13-22(2)17(15)9-14-23(22)11-4-5-20(26)27-23/h16-17,20-22H,6-15H2,1-5H3;16-17,21-23H,7-15H2,1-6H3;13-14,18-20H,7-12H2,1-6H3;10,12,15-18H,4-9,11,13-14H2,1-3H3/t20?,21?,22?,26-,27+,28+;21?,22?,23?,26-,27+,28+;18?,19?,20?,23-,24+,25+;15?,16?,17?,18?,21-,22+,23+/m1111/s1. The number of nitrogens with zero attached hydrogens (tertiary/aromatic N) is 4. The molecule has 13 unspecified atom stereocenters. The van der Waals surface area contributed by atoms with Crippen LogP contribution in [0.3, 0.4) is 0 Å². The molecule has 1 spiro atoms. The van der Waals surface area contributed by atoms with Crippen molar-refractivity contribution in [1.82, 2.24) is 19.6 Å². The van der Waals surface area contributed by atoms with Gasteiger partial charge in [0, 0.05) is 133 Å². The van der Waals surface area contributed by atoms with E-state index >= 15 is 0 Å². The summed E-state index contributed by atoms with van der Waals surface area (Å²) >= 11 is 5.82. The van der Waals surface area contributed by atoms with Gasteiger partial charge in [-0.1, -0.05) is 110 Å². The third-order valence-electron chi connectivity index (χ3n) is 38.4. The molecule has 17 rings (SSSR count). The van der Waals surface area contributed by atoms with E-state index in [-0.39, 0.29) is 127 Å². The number of amides is 4. The lowest BCUT2D eigenvalue weighted by atomic mass is 9.47. The van der Waals surface area contributed by atoms with E-state index in [0.29, 0.717) is 130 Å². The molecule has 0 aromatic rings. The van der Waals surface area contributed by atoms with E-state index in [0.717, 1.165) is 122 Å². The molecule has 10 fully saturated rings. The molecule has 2 aliphatic heterocycles. The van der Waals surface area contributed by atoms with Crippen molar-refractivity contribution in [2.45, 2.75) is 331 Å². The first-order valence-corrected chi connectivity index (χ1v) is 48.7. The summed E-state index contributed by atoms with van der Waals surface area (Å²) in [6.45, 7) is 33.0. The molecule has 0 aromatic carbocycles. The van der Waals surface area contributed by atoms with Crippen molar-refractivity contribution in [2.24, 2.45) is 114 Å². The molecule has 17 aliphatic rings. The van der Waals surface area contributed by atoms with Crippen LogP contribution in [0, 0.1) is 114 Å². The Morgan fingerprint density at radius 3 is 1.31 bits per heavy atom. The van der Waals surface area contributed by atoms with Crippen molar-refractivity contribution in [3.05, 3.63) is 82.0 Å². The first-order valence-electron chi connectivity index (χ1n) is 48.2. The van der Waals surface area contributed by atoms with E-state index in [4.69, 9.17) is 30.5 Å². The third-order valence-corrected chi connectivity index (χ3v) is 38.7. The van der Waals surface area contributed by atoms with Gasteiger partial charge in [0.2, 0.25) is 5.91 Å². The molecule has 0 radical (unpaired) electrons. The predicted octanol–water partition coefficient (Wildman–Crippen LogP) is 18.9. The largest absolute Gasteiger partial charge is 0.458 e. The molecule has 19 nitrogen and oxygen atoms in total. The van der Waals surface area contributed by atoms with Crippen LogP contribution in [-0.4, -0.2) is 167 Å². The molecule has 15 aliphatic carbocycles. The number of halogens is 1. The highest BCUT2D eigenvalue weighted by Crippen LogP contribution is 2.74. The summed E-state index contributed by atoms with van der Waals surface area (Å²) in [4.78, 5) is 147. The van der Waals surface area contributed by atoms with Crippen molar-refractivity contribution in [3.63, 3.8) is 0 Å². The van der Waals surface area contributed by atoms with Gasteiger partial charge in [0.1, 0.15) is 5.60 Å². The topological polar surface area (TPSA) is 238 Å². The molecule has 0 N–H and O–H groups in total. The second kappa shape index (κ2) is 33.9. The maximum absolute atomic E-state index is 13.9. The summed E-state index contributed by atoms with van der Waals surface area (Å²) in [5.41, 5.74) is 2.81. The number of ether oxygens (including phenoxy) is 4. The average Bonchev–Trinajstić information content (AvgIpc) is 1.51. The highest BCUT2D eigenvalue weighted by Gasteiger charge is 2.74. The Kier molecular flexibility index (Phi) is 25.6. The molecular formula is C104H149ClN4O15. The second-order valence-electron chi connectivity index (χ2n) is 44.2. The quantitative estimate of drug-likeness (QED) is 0.0946. The summed E-state index contributed by atoms with van der Waals surface area (Å²) in [5.74, 6) is 5.19.